The highest BCUT2D eigenvalue weighted by Gasteiger charge is 2.11. The van der Waals surface area contributed by atoms with Crippen molar-refractivity contribution in [3.63, 3.8) is 0 Å². The number of methoxy groups -OCH3 is 1. The summed E-state index contributed by atoms with van der Waals surface area (Å²) in [7, 11) is 1.51. The molecular formula is C16H15Cl2N3O3. The summed E-state index contributed by atoms with van der Waals surface area (Å²) < 4.78 is 10.7. The minimum atomic E-state index is -0.464. The molecule has 0 radical (unpaired) electrons. The molecule has 0 aliphatic heterocycles. The number of nitrogens with zero attached hydrogens (tertiary/aromatic N) is 2. The smallest absolute Gasteiger partial charge is 0.274 e. The SMILES string of the molecule is CCOc1cc(C=NNC(=O)c2cccnc2Cl)cc(Cl)c1OC. The van der Waals surface area contributed by atoms with Crippen molar-refractivity contribution >= 4 is 35.3 Å². The summed E-state index contributed by atoms with van der Waals surface area (Å²) in [5, 5.41) is 4.38. The number of pyridine rings is 1. The van der Waals surface area contributed by atoms with Crippen molar-refractivity contribution in [1.82, 2.24) is 10.4 Å². The van der Waals surface area contributed by atoms with Gasteiger partial charge in [-0.05, 0) is 36.8 Å². The molecule has 0 atom stereocenters. The number of rotatable bonds is 6. The molecule has 0 saturated heterocycles. The van der Waals surface area contributed by atoms with Crippen molar-refractivity contribution in [2.24, 2.45) is 5.10 Å². The molecule has 1 aromatic heterocycles. The van der Waals surface area contributed by atoms with E-state index >= 15 is 0 Å². The molecule has 126 valence electrons. The Kier molecular flexibility index (Phi) is 6.40. The number of ether oxygens (including phenoxy) is 2. The highest BCUT2D eigenvalue weighted by Crippen LogP contribution is 2.35. The number of hydrogen-bond donors (Lipinski definition) is 1. The van der Waals surface area contributed by atoms with Gasteiger partial charge in [-0.15, -0.1) is 0 Å². The van der Waals surface area contributed by atoms with Crippen LogP contribution in [-0.2, 0) is 0 Å². The number of aromatic nitrogens is 1. The number of halogens is 2. The van der Waals surface area contributed by atoms with Crippen molar-refractivity contribution in [2.45, 2.75) is 6.92 Å². The maximum absolute atomic E-state index is 12.0. The number of carbonyl (C=O) groups is 1. The van der Waals surface area contributed by atoms with Gasteiger partial charge in [-0.2, -0.15) is 5.10 Å². The molecule has 0 fully saturated rings. The molecule has 1 aromatic carbocycles. The van der Waals surface area contributed by atoms with E-state index in [1.54, 1.807) is 24.3 Å². The second kappa shape index (κ2) is 8.52. The van der Waals surface area contributed by atoms with Crippen molar-refractivity contribution in [3.8, 4) is 11.5 Å². The summed E-state index contributed by atoms with van der Waals surface area (Å²) in [4.78, 5) is 15.8. The number of amides is 1. The van der Waals surface area contributed by atoms with Gasteiger partial charge in [0.05, 0.1) is 30.5 Å². The van der Waals surface area contributed by atoms with Crippen LogP contribution in [-0.4, -0.2) is 30.8 Å². The fourth-order valence-electron chi connectivity index (χ4n) is 1.90. The molecule has 0 spiro atoms. The van der Waals surface area contributed by atoms with E-state index < -0.39 is 5.91 Å². The molecule has 1 heterocycles. The fraction of sp³-hybridized carbons (Fsp3) is 0.188. The van der Waals surface area contributed by atoms with Gasteiger partial charge in [0.2, 0.25) is 0 Å². The first-order valence-electron chi connectivity index (χ1n) is 7.01. The van der Waals surface area contributed by atoms with Gasteiger partial charge in [0.15, 0.2) is 11.5 Å². The minimum Gasteiger partial charge on any atom is -0.491 e. The number of benzene rings is 1. The van der Waals surface area contributed by atoms with Crippen LogP contribution in [0.2, 0.25) is 10.2 Å². The van der Waals surface area contributed by atoms with Gasteiger partial charge in [-0.1, -0.05) is 23.2 Å². The van der Waals surface area contributed by atoms with E-state index in [1.165, 1.54) is 19.5 Å². The molecule has 0 unspecified atom stereocenters. The third-order valence-electron chi connectivity index (χ3n) is 2.92. The summed E-state index contributed by atoms with van der Waals surface area (Å²) in [6.45, 7) is 2.31. The Labute approximate surface area is 149 Å². The van der Waals surface area contributed by atoms with Gasteiger partial charge in [0.25, 0.3) is 5.91 Å². The average molecular weight is 368 g/mol. The standard InChI is InChI=1S/C16H15Cl2N3O3/c1-3-24-13-8-10(7-12(17)14(13)23-2)9-20-21-16(22)11-5-4-6-19-15(11)18/h4-9H,3H2,1-2H3,(H,21,22). The summed E-state index contributed by atoms with van der Waals surface area (Å²) in [5.74, 6) is 0.478. The molecule has 0 aliphatic carbocycles. The van der Waals surface area contributed by atoms with Crippen LogP contribution in [0.3, 0.4) is 0 Å². The summed E-state index contributed by atoms with van der Waals surface area (Å²) in [6.07, 6.45) is 2.94. The monoisotopic (exact) mass is 367 g/mol. The van der Waals surface area contributed by atoms with E-state index in [1.807, 2.05) is 6.92 Å². The number of carbonyl (C=O) groups excluding carboxylic acids is 1. The fourth-order valence-corrected chi connectivity index (χ4v) is 2.41. The first kappa shape index (κ1) is 18.0. The van der Waals surface area contributed by atoms with Gasteiger partial charge in [-0.3, -0.25) is 4.79 Å². The van der Waals surface area contributed by atoms with E-state index in [4.69, 9.17) is 32.7 Å². The Hall–Kier alpha value is -2.31. The Morgan fingerprint density at radius 3 is 2.88 bits per heavy atom. The Morgan fingerprint density at radius 2 is 2.21 bits per heavy atom. The molecule has 0 bridgehead atoms. The van der Waals surface area contributed by atoms with Crippen LogP contribution < -0.4 is 14.9 Å². The van der Waals surface area contributed by atoms with E-state index in [9.17, 15) is 4.79 Å². The maximum atomic E-state index is 12.0. The van der Waals surface area contributed by atoms with Crippen LogP contribution >= 0.6 is 23.2 Å². The molecule has 2 aromatic rings. The van der Waals surface area contributed by atoms with Crippen molar-refractivity contribution < 1.29 is 14.3 Å². The topological polar surface area (TPSA) is 72.8 Å². The number of nitrogens with one attached hydrogen (secondary N) is 1. The van der Waals surface area contributed by atoms with E-state index in [-0.39, 0.29) is 10.7 Å². The molecule has 0 saturated carbocycles. The zero-order chi connectivity index (χ0) is 17.5. The number of hydrazone groups is 1. The van der Waals surface area contributed by atoms with Gasteiger partial charge in [0.1, 0.15) is 5.15 Å². The van der Waals surface area contributed by atoms with Crippen LogP contribution in [0.4, 0.5) is 0 Å². The van der Waals surface area contributed by atoms with Gasteiger partial charge in [-0.25, -0.2) is 10.4 Å². The van der Waals surface area contributed by atoms with Crippen molar-refractivity contribution in [1.29, 1.82) is 0 Å². The van der Waals surface area contributed by atoms with Gasteiger partial charge in [0, 0.05) is 6.20 Å². The normalized spacial score (nSPS) is 10.7. The van der Waals surface area contributed by atoms with Crippen LogP contribution in [0, 0.1) is 0 Å². The molecule has 6 nitrogen and oxygen atoms in total. The predicted octanol–water partition coefficient (Wildman–Crippen LogP) is 3.56. The predicted molar refractivity (Wildman–Crippen MR) is 93.5 cm³/mol. The largest absolute Gasteiger partial charge is 0.491 e. The van der Waals surface area contributed by atoms with Crippen LogP contribution in [0.15, 0.2) is 35.6 Å². The third kappa shape index (κ3) is 4.37. The summed E-state index contributed by atoms with van der Waals surface area (Å²) >= 11 is 12.0. The summed E-state index contributed by atoms with van der Waals surface area (Å²) in [5.41, 5.74) is 3.25. The Bertz CT molecular complexity index is 766. The van der Waals surface area contributed by atoms with E-state index in [0.29, 0.717) is 28.7 Å². The van der Waals surface area contributed by atoms with Crippen LogP contribution in [0.5, 0.6) is 11.5 Å². The third-order valence-corrected chi connectivity index (χ3v) is 3.50. The first-order chi connectivity index (χ1) is 11.6. The van der Waals surface area contributed by atoms with Crippen LogP contribution in [0.25, 0.3) is 0 Å². The Balaban J connectivity index is 2.14. The van der Waals surface area contributed by atoms with Crippen molar-refractivity contribution in [2.75, 3.05) is 13.7 Å². The lowest BCUT2D eigenvalue weighted by Crippen LogP contribution is -2.18. The zero-order valence-corrected chi connectivity index (χ0v) is 14.6. The maximum Gasteiger partial charge on any atom is 0.274 e. The van der Waals surface area contributed by atoms with Crippen molar-refractivity contribution in [3.05, 3.63) is 51.8 Å². The quantitative estimate of drug-likeness (QED) is 0.481. The molecule has 1 amide bonds. The van der Waals surface area contributed by atoms with Crippen LogP contribution in [0.1, 0.15) is 22.8 Å². The minimum absolute atomic E-state index is 0.108. The molecule has 8 heteroatoms. The molecule has 24 heavy (non-hydrogen) atoms. The summed E-state index contributed by atoms with van der Waals surface area (Å²) in [6, 6.07) is 6.52. The molecule has 1 N–H and O–H groups in total. The van der Waals surface area contributed by atoms with E-state index in [0.717, 1.165) is 0 Å². The highest BCUT2D eigenvalue weighted by molar-refractivity contribution is 6.33. The first-order valence-corrected chi connectivity index (χ1v) is 7.76. The highest BCUT2D eigenvalue weighted by atomic mass is 35.5. The van der Waals surface area contributed by atoms with Gasteiger partial charge >= 0.3 is 0 Å². The van der Waals surface area contributed by atoms with Gasteiger partial charge < -0.3 is 9.47 Å². The lowest BCUT2D eigenvalue weighted by molar-refractivity contribution is 0.0955. The average Bonchev–Trinajstić information content (AvgIpc) is 2.55. The molecular weight excluding hydrogens is 353 g/mol. The second-order valence-electron chi connectivity index (χ2n) is 4.51. The molecule has 0 aliphatic rings. The molecule has 2 rings (SSSR count). The number of hydrogen-bond acceptors (Lipinski definition) is 5. The second-order valence-corrected chi connectivity index (χ2v) is 5.27. The zero-order valence-electron chi connectivity index (χ0n) is 13.0. The lowest BCUT2D eigenvalue weighted by Gasteiger charge is -2.11. The Morgan fingerprint density at radius 1 is 1.42 bits per heavy atom. The van der Waals surface area contributed by atoms with E-state index in [2.05, 4.69) is 15.5 Å². The lowest BCUT2D eigenvalue weighted by atomic mass is 10.2.